The third-order valence-corrected chi connectivity index (χ3v) is 5.75. The highest BCUT2D eigenvalue weighted by Crippen LogP contribution is 2.29. The van der Waals surface area contributed by atoms with E-state index in [-0.39, 0.29) is 12.1 Å². The lowest BCUT2D eigenvalue weighted by Crippen LogP contribution is -2.47. The van der Waals surface area contributed by atoms with Crippen molar-refractivity contribution in [1.82, 2.24) is 4.90 Å². The number of hydrogen-bond donors (Lipinski definition) is 0. The van der Waals surface area contributed by atoms with Crippen LogP contribution in [0.5, 0.6) is 0 Å². The zero-order valence-corrected chi connectivity index (χ0v) is 20.9. The number of benzene rings is 2. The van der Waals surface area contributed by atoms with Gasteiger partial charge < -0.3 is 14.4 Å². The predicted octanol–water partition coefficient (Wildman–Crippen LogP) is 6.16. The van der Waals surface area contributed by atoms with Crippen LogP contribution in [0.1, 0.15) is 45.7 Å². The number of amides is 1. The third kappa shape index (κ3) is 6.19. The summed E-state index contributed by atoms with van der Waals surface area (Å²) >= 11 is 0. The normalized spacial score (nSPS) is 16.4. The lowest BCUT2D eigenvalue weighted by molar-refractivity contribution is 0.0574. The number of nitrogens with zero attached hydrogens (tertiary/aromatic N) is 2. The molecule has 0 radical (unpaired) electrons. The number of anilines is 1. The molecule has 3 rings (SSSR count). The van der Waals surface area contributed by atoms with Crippen molar-refractivity contribution in [2.75, 3.05) is 25.6 Å². The van der Waals surface area contributed by atoms with Crippen molar-refractivity contribution in [2.24, 2.45) is 0 Å². The molecule has 176 valence electrons. The third-order valence-electron chi connectivity index (χ3n) is 5.75. The minimum absolute atomic E-state index is 0.0334. The van der Waals surface area contributed by atoms with Gasteiger partial charge in [0.25, 0.3) is 0 Å². The van der Waals surface area contributed by atoms with Gasteiger partial charge in [0.05, 0.1) is 19.7 Å². The van der Waals surface area contributed by atoms with Crippen molar-refractivity contribution in [3.8, 4) is 0 Å². The second kappa shape index (κ2) is 10.2. The lowest BCUT2D eigenvalue weighted by atomic mass is 9.98. The Morgan fingerprint density at radius 3 is 2.33 bits per heavy atom. The van der Waals surface area contributed by atoms with Crippen LogP contribution in [-0.4, -0.2) is 43.3 Å². The zero-order chi connectivity index (χ0) is 24.2. The Bertz CT molecular complexity index is 1030. The summed E-state index contributed by atoms with van der Waals surface area (Å²) in [6, 6.07) is 18.5. The molecule has 0 aromatic heterocycles. The molecule has 0 bridgehead atoms. The largest absolute Gasteiger partial charge is 0.496 e. The van der Waals surface area contributed by atoms with E-state index in [0.717, 1.165) is 34.6 Å². The first kappa shape index (κ1) is 24.4. The molecule has 2 aromatic carbocycles. The molecule has 0 aliphatic carbocycles. The molecule has 1 atom stereocenters. The van der Waals surface area contributed by atoms with Crippen LogP contribution < -0.4 is 4.90 Å². The molecule has 1 amide bonds. The Hall–Kier alpha value is -3.21. The smallest absolute Gasteiger partial charge is 0.414 e. The molecule has 2 aromatic rings. The van der Waals surface area contributed by atoms with Crippen LogP contribution in [0.2, 0.25) is 0 Å². The SMILES string of the molecule is COC1=C(C)C(CN(C(=O)OC(C)(C)C)c2cccc(Cc3ccccc3)c2)N(C)C=C1C. The Morgan fingerprint density at radius 2 is 1.70 bits per heavy atom. The summed E-state index contributed by atoms with van der Waals surface area (Å²) in [6.07, 6.45) is 2.51. The van der Waals surface area contributed by atoms with Gasteiger partial charge >= 0.3 is 6.09 Å². The molecule has 1 aliphatic heterocycles. The van der Waals surface area contributed by atoms with Gasteiger partial charge in [0.1, 0.15) is 11.4 Å². The van der Waals surface area contributed by atoms with Crippen LogP contribution in [0.15, 0.2) is 77.7 Å². The van der Waals surface area contributed by atoms with E-state index in [1.807, 2.05) is 65.1 Å². The number of rotatable bonds is 6. The fourth-order valence-electron chi connectivity index (χ4n) is 4.25. The summed E-state index contributed by atoms with van der Waals surface area (Å²) in [4.78, 5) is 17.2. The average Bonchev–Trinajstić information content (AvgIpc) is 2.73. The van der Waals surface area contributed by atoms with Gasteiger partial charge in [-0.2, -0.15) is 0 Å². The van der Waals surface area contributed by atoms with E-state index < -0.39 is 5.60 Å². The fourth-order valence-corrected chi connectivity index (χ4v) is 4.25. The maximum Gasteiger partial charge on any atom is 0.414 e. The van der Waals surface area contributed by atoms with Gasteiger partial charge in [-0.25, -0.2) is 4.79 Å². The molecule has 33 heavy (non-hydrogen) atoms. The summed E-state index contributed by atoms with van der Waals surface area (Å²) < 4.78 is 11.5. The van der Waals surface area contributed by atoms with Crippen LogP contribution in [0.4, 0.5) is 10.5 Å². The zero-order valence-electron chi connectivity index (χ0n) is 20.9. The van der Waals surface area contributed by atoms with Gasteiger partial charge in [-0.3, -0.25) is 4.90 Å². The van der Waals surface area contributed by atoms with E-state index in [4.69, 9.17) is 9.47 Å². The fraction of sp³-hybridized carbons (Fsp3) is 0.393. The maximum absolute atomic E-state index is 13.4. The van der Waals surface area contributed by atoms with Gasteiger partial charge in [-0.15, -0.1) is 0 Å². The number of methoxy groups -OCH3 is 1. The molecule has 0 saturated heterocycles. The minimum Gasteiger partial charge on any atom is -0.496 e. The van der Waals surface area contributed by atoms with Crippen LogP contribution in [-0.2, 0) is 15.9 Å². The number of allylic oxidation sites excluding steroid dienone is 1. The van der Waals surface area contributed by atoms with E-state index in [9.17, 15) is 4.79 Å². The van der Waals surface area contributed by atoms with Crippen molar-refractivity contribution in [2.45, 2.75) is 52.7 Å². The first-order chi connectivity index (χ1) is 15.6. The summed E-state index contributed by atoms with van der Waals surface area (Å²) in [5.41, 5.74) is 4.77. The molecule has 1 aliphatic rings. The van der Waals surface area contributed by atoms with E-state index >= 15 is 0 Å². The van der Waals surface area contributed by atoms with Crippen molar-refractivity contribution in [3.63, 3.8) is 0 Å². The van der Waals surface area contributed by atoms with Crippen LogP contribution in [0, 0.1) is 0 Å². The Kier molecular flexibility index (Phi) is 7.52. The number of likely N-dealkylation sites (N-methyl/N-ethyl adjacent to an activating group) is 1. The standard InChI is InChI=1S/C28H36N2O3/c1-20-18-29(6)25(21(2)26(20)32-7)19-30(27(31)33-28(3,4)5)24-15-11-14-23(17-24)16-22-12-9-8-10-13-22/h8-15,17-18,25H,16,19H2,1-7H3. The van der Waals surface area contributed by atoms with Crippen LogP contribution in [0.25, 0.3) is 0 Å². The molecular weight excluding hydrogens is 412 g/mol. The van der Waals surface area contributed by atoms with Crippen LogP contribution >= 0.6 is 0 Å². The summed E-state index contributed by atoms with van der Waals surface area (Å²) in [5, 5.41) is 0. The van der Waals surface area contributed by atoms with Gasteiger partial charge in [0.15, 0.2) is 0 Å². The quantitative estimate of drug-likeness (QED) is 0.531. The molecule has 0 saturated carbocycles. The van der Waals surface area contributed by atoms with Crippen molar-refractivity contribution < 1.29 is 14.3 Å². The first-order valence-electron chi connectivity index (χ1n) is 11.4. The van der Waals surface area contributed by atoms with Gasteiger partial charge in [-0.05, 0) is 69.9 Å². The number of carbonyl (C=O) groups is 1. The molecule has 0 fully saturated rings. The summed E-state index contributed by atoms with van der Waals surface area (Å²) in [5.74, 6) is 0.875. The second-order valence-electron chi connectivity index (χ2n) is 9.63. The summed E-state index contributed by atoms with van der Waals surface area (Å²) in [6.45, 7) is 10.2. The molecule has 1 unspecified atom stereocenters. The van der Waals surface area contributed by atoms with E-state index in [1.54, 1.807) is 12.0 Å². The van der Waals surface area contributed by atoms with Crippen molar-refractivity contribution in [1.29, 1.82) is 0 Å². The first-order valence-corrected chi connectivity index (χ1v) is 11.4. The Morgan fingerprint density at radius 1 is 1.03 bits per heavy atom. The van der Waals surface area contributed by atoms with Crippen molar-refractivity contribution in [3.05, 3.63) is 88.8 Å². The van der Waals surface area contributed by atoms with Crippen molar-refractivity contribution >= 4 is 11.8 Å². The minimum atomic E-state index is -0.589. The molecule has 5 nitrogen and oxygen atoms in total. The molecule has 0 spiro atoms. The monoisotopic (exact) mass is 448 g/mol. The highest BCUT2D eigenvalue weighted by molar-refractivity contribution is 5.88. The number of ether oxygens (including phenoxy) is 2. The predicted molar refractivity (Wildman–Crippen MR) is 134 cm³/mol. The van der Waals surface area contributed by atoms with E-state index in [1.165, 1.54) is 5.56 Å². The highest BCUT2D eigenvalue weighted by Gasteiger charge is 2.31. The topological polar surface area (TPSA) is 42.0 Å². The van der Waals surface area contributed by atoms with Gasteiger partial charge in [-0.1, -0.05) is 42.5 Å². The lowest BCUT2D eigenvalue weighted by Gasteiger charge is -2.37. The van der Waals surface area contributed by atoms with E-state index in [2.05, 4.69) is 42.3 Å². The van der Waals surface area contributed by atoms with Gasteiger partial charge in [0, 0.05) is 24.5 Å². The summed E-state index contributed by atoms with van der Waals surface area (Å²) in [7, 11) is 3.72. The second-order valence-corrected chi connectivity index (χ2v) is 9.63. The molecule has 0 N–H and O–H groups in total. The van der Waals surface area contributed by atoms with E-state index in [0.29, 0.717) is 6.54 Å². The molecule has 1 heterocycles. The molecular formula is C28H36N2O3. The number of hydrogen-bond acceptors (Lipinski definition) is 4. The molecule has 5 heteroatoms. The Labute approximate surface area is 198 Å². The number of carbonyl (C=O) groups excluding carboxylic acids is 1. The maximum atomic E-state index is 13.4. The van der Waals surface area contributed by atoms with Gasteiger partial charge in [0.2, 0.25) is 0 Å². The highest BCUT2D eigenvalue weighted by atomic mass is 16.6. The Balaban J connectivity index is 1.95. The van der Waals surface area contributed by atoms with Crippen LogP contribution in [0.3, 0.4) is 0 Å². The average molecular weight is 449 g/mol.